The lowest BCUT2D eigenvalue weighted by molar-refractivity contribution is -0.389. The molecule has 6 rings (SSSR count). The zero-order valence-corrected chi connectivity index (χ0v) is 25.3. The number of nitrogens with zero attached hydrogens (tertiary/aromatic N) is 6. The van der Waals surface area contributed by atoms with E-state index in [0.29, 0.717) is 18.6 Å². The smallest absolute Gasteiger partial charge is 0.489 e. The molecule has 14 heteroatoms. The molecule has 2 fully saturated rings. The van der Waals surface area contributed by atoms with Crippen LogP contribution in [0.1, 0.15) is 32.6 Å². The number of piperidine rings is 2. The van der Waals surface area contributed by atoms with Crippen LogP contribution in [0.4, 0.5) is 30.4 Å². The number of aromatic nitrogens is 2. The number of nitro groups is 1. The topological polar surface area (TPSA) is 98.4 Å². The molecule has 2 aromatic carbocycles. The molecule has 45 heavy (non-hydrogen) atoms. The van der Waals surface area contributed by atoms with Gasteiger partial charge < -0.3 is 39.0 Å². The molecule has 3 aliphatic heterocycles. The lowest BCUT2D eigenvalue weighted by atomic mass is 9.96. The van der Waals surface area contributed by atoms with Crippen LogP contribution in [0.15, 0.2) is 54.7 Å². The van der Waals surface area contributed by atoms with E-state index >= 15 is 0 Å². The fourth-order valence-electron chi connectivity index (χ4n) is 6.57. The monoisotopic (exact) mass is 630 g/mol. The van der Waals surface area contributed by atoms with Crippen molar-refractivity contribution < 1.29 is 32.3 Å². The Balaban J connectivity index is 0.926. The lowest BCUT2D eigenvalue weighted by Gasteiger charge is -2.44. The predicted molar refractivity (Wildman–Crippen MR) is 161 cm³/mol. The van der Waals surface area contributed by atoms with Crippen LogP contribution < -0.4 is 24.0 Å². The normalized spacial score (nSPS) is 21.3. The Labute approximate surface area is 259 Å². The Morgan fingerprint density at radius 1 is 1.02 bits per heavy atom. The second-order valence-corrected chi connectivity index (χ2v) is 12.2. The van der Waals surface area contributed by atoms with E-state index in [2.05, 4.69) is 36.6 Å². The zero-order chi connectivity index (χ0) is 31.8. The molecular weight excluding hydrogens is 593 g/mol. The molecule has 0 bridgehead atoms. The van der Waals surface area contributed by atoms with Gasteiger partial charge in [0.25, 0.3) is 0 Å². The maximum atomic E-state index is 12.5. The van der Waals surface area contributed by atoms with Crippen LogP contribution in [0.2, 0.25) is 0 Å². The van der Waals surface area contributed by atoms with Gasteiger partial charge in [-0.2, -0.15) is 0 Å². The fourth-order valence-corrected chi connectivity index (χ4v) is 6.57. The summed E-state index contributed by atoms with van der Waals surface area (Å²) in [6.07, 6.45) is 0.874. The quantitative estimate of drug-likeness (QED) is 0.225. The average Bonchev–Trinajstić information content (AvgIpc) is 3.56. The lowest BCUT2D eigenvalue weighted by Crippen LogP contribution is -2.50. The van der Waals surface area contributed by atoms with E-state index < -0.39 is 16.9 Å². The van der Waals surface area contributed by atoms with Crippen LogP contribution >= 0.6 is 0 Å². The molecule has 2 saturated heterocycles. The van der Waals surface area contributed by atoms with E-state index in [1.54, 1.807) is 16.7 Å². The van der Waals surface area contributed by atoms with Crippen LogP contribution in [0.3, 0.4) is 0 Å². The summed E-state index contributed by atoms with van der Waals surface area (Å²) in [6.45, 7) is 6.55. The van der Waals surface area contributed by atoms with Gasteiger partial charge in [-0.3, -0.25) is 4.57 Å². The molecule has 0 spiro atoms. The first-order valence-electron chi connectivity index (χ1n) is 15.2. The highest BCUT2D eigenvalue weighted by molar-refractivity contribution is 5.50. The second-order valence-electron chi connectivity index (χ2n) is 12.2. The van der Waals surface area contributed by atoms with E-state index in [1.807, 2.05) is 26.1 Å². The fraction of sp³-hybridized carbons (Fsp3) is 0.516. The van der Waals surface area contributed by atoms with Gasteiger partial charge in [-0.05, 0) is 86.1 Å². The molecule has 1 aromatic heterocycles. The van der Waals surface area contributed by atoms with Crippen molar-refractivity contribution in [1.82, 2.24) is 14.5 Å². The minimum absolute atomic E-state index is 0.207. The van der Waals surface area contributed by atoms with E-state index in [9.17, 15) is 23.3 Å². The van der Waals surface area contributed by atoms with Crippen LogP contribution in [0, 0.1) is 10.1 Å². The van der Waals surface area contributed by atoms with Crippen LogP contribution in [-0.4, -0.2) is 83.3 Å². The van der Waals surface area contributed by atoms with Gasteiger partial charge in [0.2, 0.25) is 0 Å². The molecule has 3 aliphatic rings. The van der Waals surface area contributed by atoms with Gasteiger partial charge in [0.05, 0.1) is 6.54 Å². The van der Waals surface area contributed by atoms with Gasteiger partial charge >= 0.3 is 18.2 Å². The van der Waals surface area contributed by atoms with Gasteiger partial charge in [0, 0.05) is 61.7 Å². The van der Waals surface area contributed by atoms with Crippen molar-refractivity contribution in [3.63, 3.8) is 0 Å². The molecule has 0 N–H and O–H groups in total. The number of hydrogen-bond donors (Lipinski definition) is 0. The number of likely N-dealkylation sites (tertiary alicyclic amines) is 1. The SMILES string of the molecule is CN(c1ccc(OC(F)(F)F)cc1)C1CCN(C2CCN(c3ccc(OCC4(C)Cn5cc([N+](=O)[O-])nc5O4)cc3)CC2)CC1. The van der Waals surface area contributed by atoms with E-state index in [0.717, 1.165) is 69.0 Å². The maximum absolute atomic E-state index is 12.5. The third kappa shape index (κ3) is 7.21. The second kappa shape index (κ2) is 12.3. The van der Waals surface area contributed by atoms with Gasteiger partial charge in [-0.25, -0.2) is 0 Å². The summed E-state index contributed by atoms with van der Waals surface area (Å²) in [5.41, 5.74) is 1.38. The van der Waals surface area contributed by atoms with Crippen molar-refractivity contribution in [3.8, 4) is 17.5 Å². The highest BCUT2D eigenvalue weighted by Crippen LogP contribution is 2.33. The highest BCUT2D eigenvalue weighted by Gasteiger charge is 2.41. The van der Waals surface area contributed by atoms with Crippen molar-refractivity contribution >= 4 is 17.2 Å². The first kappa shape index (κ1) is 30.8. The van der Waals surface area contributed by atoms with Gasteiger partial charge in [-0.15, -0.1) is 13.2 Å². The molecule has 242 valence electrons. The van der Waals surface area contributed by atoms with Crippen LogP contribution in [-0.2, 0) is 6.54 Å². The summed E-state index contributed by atoms with van der Waals surface area (Å²) in [5, 5.41) is 10.9. The molecule has 1 atom stereocenters. The summed E-state index contributed by atoms with van der Waals surface area (Å²) >= 11 is 0. The van der Waals surface area contributed by atoms with Crippen molar-refractivity contribution in [2.45, 2.75) is 63.2 Å². The van der Waals surface area contributed by atoms with Crippen LogP contribution in [0.25, 0.3) is 0 Å². The maximum Gasteiger partial charge on any atom is 0.573 e. The standard InChI is InChI=1S/C31H37F3N6O5/c1-30(20-39-19-28(40(41)42)35-29(39)45-30)21-43-26-7-5-24(6-8-26)37-17-13-25(14-18-37)38-15-11-23(12-16-38)36(2)22-3-9-27(10-4-22)44-31(32,33)34/h3-10,19,23,25H,11-18,20-21H2,1-2H3. The molecule has 0 amide bonds. The largest absolute Gasteiger partial charge is 0.573 e. The third-order valence-electron chi connectivity index (χ3n) is 9.01. The summed E-state index contributed by atoms with van der Waals surface area (Å²) in [6, 6.07) is 15.3. The molecule has 0 radical (unpaired) electrons. The van der Waals surface area contributed by atoms with Crippen molar-refractivity contribution in [1.29, 1.82) is 0 Å². The average molecular weight is 631 g/mol. The summed E-state index contributed by atoms with van der Waals surface area (Å²) in [7, 11) is 2.00. The number of alkyl halides is 3. The number of anilines is 2. The molecular formula is C31H37F3N6O5. The van der Waals surface area contributed by atoms with E-state index in [1.165, 1.54) is 18.3 Å². The number of fused-ring (bicyclic) bond motifs is 1. The van der Waals surface area contributed by atoms with Gasteiger partial charge in [0.15, 0.2) is 5.60 Å². The Morgan fingerprint density at radius 2 is 1.67 bits per heavy atom. The van der Waals surface area contributed by atoms with Crippen molar-refractivity contribution in [2.24, 2.45) is 0 Å². The zero-order valence-electron chi connectivity index (χ0n) is 25.3. The molecule has 11 nitrogen and oxygen atoms in total. The minimum Gasteiger partial charge on any atom is -0.489 e. The van der Waals surface area contributed by atoms with E-state index in [4.69, 9.17) is 9.47 Å². The number of ether oxygens (including phenoxy) is 3. The summed E-state index contributed by atoms with van der Waals surface area (Å²) < 4.78 is 54.9. The number of imidazole rings is 1. The van der Waals surface area contributed by atoms with Crippen molar-refractivity contribution in [3.05, 3.63) is 64.8 Å². The van der Waals surface area contributed by atoms with Crippen LogP contribution in [0.5, 0.6) is 17.5 Å². The Hall–Kier alpha value is -4.20. The van der Waals surface area contributed by atoms with Crippen molar-refractivity contribution in [2.75, 3.05) is 49.6 Å². The molecule has 0 aliphatic carbocycles. The first-order chi connectivity index (χ1) is 21.4. The summed E-state index contributed by atoms with van der Waals surface area (Å²) in [4.78, 5) is 21.5. The predicted octanol–water partition coefficient (Wildman–Crippen LogP) is 5.49. The number of hydrogen-bond acceptors (Lipinski definition) is 9. The van der Waals surface area contributed by atoms with Gasteiger partial charge in [-0.1, -0.05) is 0 Å². The minimum atomic E-state index is -4.69. The van der Waals surface area contributed by atoms with E-state index in [-0.39, 0.29) is 24.2 Å². The molecule has 4 heterocycles. The third-order valence-corrected chi connectivity index (χ3v) is 9.01. The number of rotatable bonds is 9. The Bertz CT molecular complexity index is 1440. The molecule has 0 saturated carbocycles. The van der Waals surface area contributed by atoms with Gasteiger partial charge in [0.1, 0.15) is 24.3 Å². The summed E-state index contributed by atoms with van der Waals surface area (Å²) in [5.74, 6) is 0.294. The number of halogens is 3. The molecule has 3 aromatic rings. The Kier molecular flexibility index (Phi) is 8.42. The number of benzene rings is 2. The Morgan fingerprint density at radius 3 is 2.27 bits per heavy atom. The highest BCUT2D eigenvalue weighted by atomic mass is 19.4. The molecule has 1 unspecified atom stereocenters. The first-order valence-corrected chi connectivity index (χ1v) is 15.2.